The summed E-state index contributed by atoms with van der Waals surface area (Å²) in [5, 5.41) is 3.14. The highest BCUT2D eigenvalue weighted by Crippen LogP contribution is 2.15. The van der Waals surface area contributed by atoms with E-state index in [9.17, 15) is 4.79 Å². The van der Waals surface area contributed by atoms with Gasteiger partial charge in [0.25, 0.3) is 0 Å². The number of rotatable bonds is 3. The first-order chi connectivity index (χ1) is 7.20. The van der Waals surface area contributed by atoms with Gasteiger partial charge in [-0.05, 0) is 6.92 Å². The lowest BCUT2D eigenvalue weighted by Crippen LogP contribution is -2.60. The fraction of sp³-hybridized carbons (Fsp3) is 0.900. The summed E-state index contributed by atoms with van der Waals surface area (Å²) < 4.78 is 10.8. The molecule has 2 saturated heterocycles. The zero-order valence-corrected chi connectivity index (χ0v) is 9.12. The summed E-state index contributed by atoms with van der Waals surface area (Å²) in [6.45, 7) is 6.56. The van der Waals surface area contributed by atoms with Crippen LogP contribution in [0.5, 0.6) is 0 Å². The van der Waals surface area contributed by atoms with Gasteiger partial charge in [0.1, 0.15) is 6.61 Å². The number of carbonyl (C=O) groups excluding carboxylic acids is 1. The van der Waals surface area contributed by atoms with Crippen molar-refractivity contribution in [2.45, 2.75) is 12.5 Å². The summed E-state index contributed by atoms with van der Waals surface area (Å²) in [4.78, 5) is 13.5. The van der Waals surface area contributed by atoms with Crippen molar-refractivity contribution in [1.82, 2.24) is 10.2 Å². The van der Waals surface area contributed by atoms with Crippen LogP contribution in [0, 0.1) is 0 Å². The molecule has 2 rings (SSSR count). The molecule has 0 radical (unpaired) electrons. The Morgan fingerprint density at radius 1 is 1.47 bits per heavy atom. The molecule has 0 bridgehead atoms. The third kappa shape index (κ3) is 2.68. The van der Waals surface area contributed by atoms with E-state index in [1.807, 2.05) is 6.92 Å². The predicted molar refractivity (Wildman–Crippen MR) is 54.6 cm³/mol. The molecule has 0 spiro atoms. The highest BCUT2D eigenvalue weighted by molar-refractivity contribution is 5.77. The van der Waals surface area contributed by atoms with Gasteiger partial charge in [0, 0.05) is 26.2 Å². The first-order valence-corrected chi connectivity index (χ1v) is 5.40. The smallest absolute Gasteiger partial charge is 0.248 e. The quantitative estimate of drug-likeness (QED) is 0.670. The van der Waals surface area contributed by atoms with Crippen molar-refractivity contribution in [3.8, 4) is 0 Å². The normalized spacial score (nSPS) is 24.7. The number of nitrogens with zero attached hydrogens (tertiary/aromatic N) is 1. The molecule has 0 aromatic heterocycles. The topological polar surface area (TPSA) is 50.8 Å². The van der Waals surface area contributed by atoms with E-state index in [2.05, 4.69) is 5.32 Å². The van der Waals surface area contributed by atoms with Crippen LogP contribution in [0.15, 0.2) is 0 Å². The van der Waals surface area contributed by atoms with Crippen molar-refractivity contribution in [2.75, 3.05) is 46.0 Å². The first kappa shape index (κ1) is 10.9. The first-order valence-electron chi connectivity index (χ1n) is 5.40. The summed E-state index contributed by atoms with van der Waals surface area (Å²) in [7, 11) is 0. The second-order valence-electron chi connectivity index (χ2n) is 4.34. The van der Waals surface area contributed by atoms with E-state index in [-0.39, 0.29) is 18.1 Å². The Bertz CT molecular complexity index is 235. The van der Waals surface area contributed by atoms with E-state index < -0.39 is 0 Å². The van der Waals surface area contributed by atoms with E-state index in [4.69, 9.17) is 9.47 Å². The van der Waals surface area contributed by atoms with E-state index >= 15 is 0 Å². The largest absolute Gasteiger partial charge is 0.378 e. The number of nitrogens with one attached hydrogen (secondary N) is 1. The Morgan fingerprint density at radius 2 is 2.13 bits per heavy atom. The number of morpholine rings is 1. The molecule has 0 atom stereocenters. The molecule has 2 aliphatic rings. The van der Waals surface area contributed by atoms with Crippen LogP contribution in [-0.4, -0.2) is 62.4 Å². The minimum Gasteiger partial charge on any atom is -0.378 e. The Balaban J connectivity index is 1.71. The molecule has 2 fully saturated rings. The van der Waals surface area contributed by atoms with Gasteiger partial charge >= 0.3 is 0 Å². The molecule has 5 heteroatoms. The van der Waals surface area contributed by atoms with Gasteiger partial charge in [-0.15, -0.1) is 0 Å². The van der Waals surface area contributed by atoms with Crippen molar-refractivity contribution in [1.29, 1.82) is 0 Å². The molecular formula is C10H18N2O3. The van der Waals surface area contributed by atoms with Gasteiger partial charge in [0.15, 0.2) is 0 Å². The SMILES string of the molecule is CC1(OCC(=O)N2CCOCC2)CNC1. The molecule has 15 heavy (non-hydrogen) atoms. The second kappa shape index (κ2) is 4.47. The summed E-state index contributed by atoms with van der Waals surface area (Å²) in [6, 6.07) is 0. The zero-order chi connectivity index (χ0) is 10.7. The molecule has 0 unspecified atom stereocenters. The van der Waals surface area contributed by atoms with Gasteiger partial charge in [0.05, 0.1) is 18.8 Å². The number of hydrogen-bond acceptors (Lipinski definition) is 4. The number of ether oxygens (including phenoxy) is 2. The van der Waals surface area contributed by atoms with E-state index in [1.165, 1.54) is 0 Å². The maximum absolute atomic E-state index is 11.7. The minimum atomic E-state index is -0.137. The van der Waals surface area contributed by atoms with E-state index in [0.29, 0.717) is 26.3 Å². The lowest BCUT2D eigenvalue weighted by molar-refractivity contribution is -0.149. The monoisotopic (exact) mass is 214 g/mol. The van der Waals surface area contributed by atoms with Crippen LogP contribution in [0.2, 0.25) is 0 Å². The second-order valence-corrected chi connectivity index (χ2v) is 4.34. The molecule has 0 aliphatic carbocycles. The van der Waals surface area contributed by atoms with Crippen LogP contribution >= 0.6 is 0 Å². The standard InChI is InChI=1S/C10H18N2O3/c1-10(7-11-8-10)15-6-9(13)12-2-4-14-5-3-12/h11H,2-8H2,1H3. The van der Waals surface area contributed by atoms with Crippen LogP contribution in [0.25, 0.3) is 0 Å². The molecule has 0 aromatic carbocycles. The average molecular weight is 214 g/mol. The van der Waals surface area contributed by atoms with Crippen LogP contribution < -0.4 is 5.32 Å². The van der Waals surface area contributed by atoms with Gasteiger partial charge in [-0.2, -0.15) is 0 Å². The molecule has 1 N–H and O–H groups in total. The Labute approximate surface area is 89.7 Å². The summed E-state index contributed by atoms with van der Waals surface area (Å²) >= 11 is 0. The number of carbonyl (C=O) groups is 1. The van der Waals surface area contributed by atoms with Gasteiger partial charge in [-0.1, -0.05) is 0 Å². The van der Waals surface area contributed by atoms with Crippen molar-refractivity contribution < 1.29 is 14.3 Å². The third-order valence-corrected chi connectivity index (χ3v) is 2.91. The van der Waals surface area contributed by atoms with Crippen molar-refractivity contribution in [3.05, 3.63) is 0 Å². The highest BCUT2D eigenvalue weighted by Gasteiger charge is 2.33. The zero-order valence-electron chi connectivity index (χ0n) is 9.12. The van der Waals surface area contributed by atoms with E-state index in [0.717, 1.165) is 13.1 Å². The minimum absolute atomic E-state index is 0.0754. The highest BCUT2D eigenvalue weighted by atomic mass is 16.5. The van der Waals surface area contributed by atoms with Gasteiger partial charge < -0.3 is 19.7 Å². The Morgan fingerprint density at radius 3 is 2.67 bits per heavy atom. The molecular weight excluding hydrogens is 196 g/mol. The van der Waals surface area contributed by atoms with E-state index in [1.54, 1.807) is 4.90 Å². The summed E-state index contributed by atoms with van der Waals surface area (Å²) in [5.41, 5.74) is -0.137. The number of hydrogen-bond donors (Lipinski definition) is 1. The van der Waals surface area contributed by atoms with Gasteiger partial charge in [-0.25, -0.2) is 0 Å². The Kier molecular flexibility index (Phi) is 3.23. The summed E-state index contributed by atoms with van der Waals surface area (Å²) in [5.74, 6) is 0.0754. The lowest BCUT2D eigenvalue weighted by Gasteiger charge is -2.39. The van der Waals surface area contributed by atoms with Crippen molar-refractivity contribution in [3.63, 3.8) is 0 Å². The lowest BCUT2D eigenvalue weighted by atomic mass is 10.0. The maximum Gasteiger partial charge on any atom is 0.248 e. The Hall–Kier alpha value is -0.650. The summed E-state index contributed by atoms with van der Waals surface area (Å²) in [6.07, 6.45) is 0. The van der Waals surface area contributed by atoms with Crippen molar-refractivity contribution >= 4 is 5.91 Å². The van der Waals surface area contributed by atoms with Crippen LogP contribution in [0.1, 0.15) is 6.92 Å². The third-order valence-electron chi connectivity index (χ3n) is 2.91. The van der Waals surface area contributed by atoms with Crippen LogP contribution in [0.4, 0.5) is 0 Å². The van der Waals surface area contributed by atoms with Crippen LogP contribution in [-0.2, 0) is 14.3 Å². The molecule has 0 aromatic rings. The van der Waals surface area contributed by atoms with Crippen LogP contribution in [0.3, 0.4) is 0 Å². The molecule has 5 nitrogen and oxygen atoms in total. The maximum atomic E-state index is 11.7. The van der Waals surface area contributed by atoms with Gasteiger partial charge in [-0.3, -0.25) is 4.79 Å². The number of amides is 1. The van der Waals surface area contributed by atoms with Gasteiger partial charge in [0.2, 0.25) is 5.91 Å². The molecule has 0 saturated carbocycles. The molecule has 2 heterocycles. The van der Waals surface area contributed by atoms with Crippen molar-refractivity contribution in [2.24, 2.45) is 0 Å². The fourth-order valence-electron chi connectivity index (χ4n) is 1.72. The molecule has 1 amide bonds. The predicted octanol–water partition coefficient (Wildman–Crippen LogP) is -0.776. The fourth-order valence-corrected chi connectivity index (χ4v) is 1.72. The molecule has 86 valence electrons. The molecule has 2 aliphatic heterocycles. The average Bonchev–Trinajstić information content (AvgIpc) is 2.24.